The number of oxime groups is 1. The molecule has 16 heteroatoms. The minimum atomic E-state index is -4.33. The number of thiazole rings is 1. The summed E-state index contributed by atoms with van der Waals surface area (Å²) < 4.78 is 26.5. The first-order valence-electron chi connectivity index (χ1n) is 10.4. The van der Waals surface area contributed by atoms with Gasteiger partial charge in [0.15, 0.2) is 0 Å². The van der Waals surface area contributed by atoms with Crippen LogP contribution in [0.2, 0.25) is 0 Å². The lowest BCUT2D eigenvalue weighted by atomic mass is 10.0. The fraction of sp³-hybridized carbons (Fsp3) is 0.300. The molecule has 0 saturated heterocycles. The molecule has 2 atom stereocenters. The maximum atomic E-state index is 12.5. The molecule has 1 unspecified atom stereocenters. The summed E-state index contributed by atoms with van der Waals surface area (Å²) in [4.78, 5) is 44.0. The highest BCUT2D eigenvalue weighted by molar-refractivity contribution is 7.91. The number of nitrogens with one attached hydrogen (secondary N) is 4. The van der Waals surface area contributed by atoms with Crippen molar-refractivity contribution < 1.29 is 32.7 Å². The van der Waals surface area contributed by atoms with E-state index in [1.165, 1.54) is 6.92 Å². The van der Waals surface area contributed by atoms with Gasteiger partial charge in [-0.05, 0) is 5.56 Å². The summed E-state index contributed by atoms with van der Waals surface area (Å²) in [6.45, 7) is 0.718. The number of amides is 2. The zero-order valence-corrected chi connectivity index (χ0v) is 20.5. The van der Waals surface area contributed by atoms with Gasteiger partial charge in [0.25, 0.3) is 10.0 Å². The molecular formula is C20H23N7O7S2. The van der Waals surface area contributed by atoms with Gasteiger partial charge in [0.1, 0.15) is 23.0 Å². The Kier molecular flexibility index (Phi) is 8.33. The van der Waals surface area contributed by atoms with Crippen molar-refractivity contribution in [3.8, 4) is 0 Å². The average molecular weight is 538 g/mol. The highest BCUT2D eigenvalue weighted by Gasteiger charge is 2.29. The Labute approximate surface area is 209 Å². The molecule has 2 heterocycles. The Bertz CT molecular complexity index is 1310. The zero-order chi connectivity index (χ0) is 26.5. The van der Waals surface area contributed by atoms with Gasteiger partial charge in [-0.25, -0.2) is 13.4 Å². The summed E-state index contributed by atoms with van der Waals surface area (Å²) in [7, 11) is -4.33. The number of carboxylic acid groups (broad SMARTS) is 1. The van der Waals surface area contributed by atoms with Crippen LogP contribution in [-0.2, 0) is 29.2 Å². The number of rotatable bonds is 11. The van der Waals surface area contributed by atoms with Crippen LogP contribution in [-0.4, -0.2) is 66.5 Å². The lowest BCUT2D eigenvalue weighted by Crippen LogP contribution is -2.48. The molecule has 192 valence electrons. The van der Waals surface area contributed by atoms with E-state index in [9.17, 15) is 27.9 Å². The number of aliphatic carboxylic acids is 1. The van der Waals surface area contributed by atoms with Crippen molar-refractivity contribution in [1.29, 1.82) is 5.41 Å². The van der Waals surface area contributed by atoms with Gasteiger partial charge in [0.05, 0.1) is 18.3 Å². The summed E-state index contributed by atoms with van der Waals surface area (Å²) in [6.07, 6.45) is 0.732. The van der Waals surface area contributed by atoms with Gasteiger partial charge in [-0.3, -0.25) is 19.8 Å². The lowest BCUT2D eigenvalue weighted by molar-refractivity contribution is -0.139. The van der Waals surface area contributed by atoms with Crippen LogP contribution in [0.15, 0.2) is 40.0 Å². The van der Waals surface area contributed by atoms with E-state index >= 15 is 0 Å². The number of carbonyl (C=O) groups excluding carboxylic acids is 2. The molecule has 0 aliphatic carbocycles. The summed E-state index contributed by atoms with van der Waals surface area (Å²) in [6, 6.07) is 5.13. The summed E-state index contributed by atoms with van der Waals surface area (Å²) >= 11 is 0.648. The summed E-state index contributed by atoms with van der Waals surface area (Å²) in [5.74, 6) is -2.55. The van der Waals surface area contributed by atoms with Crippen LogP contribution >= 0.6 is 11.3 Å². The maximum absolute atomic E-state index is 12.5. The Balaban J connectivity index is 1.51. The molecule has 3 rings (SSSR count). The van der Waals surface area contributed by atoms with Gasteiger partial charge in [0, 0.05) is 25.5 Å². The number of amidine groups is 1. The topological polar surface area (TPSA) is 226 Å². The number of hydrogen-bond donors (Lipinski definition) is 6. The minimum Gasteiger partial charge on any atom is -0.480 e. The number of carbonyl (C=O) groups is 3. The van der Waals surface area contributed by atoms with Crippen LogP contribution in [0.5, 0.6) is 0 Å². The molecule has 0 saturated carbocycles. The van der Waals surface area contributed by atoms with Crippen molar-refractivity contribution in [3.05, 3.63) is 41.6 Å². The van der Waals surface area contributed by atoms with Crippen LogP contribution in [0, 0.1) is 5.41 Å². The molecule has 1 aromatic heterocycles. The molecule has 14 nitrogen and oxygen atoms in total. The molecule has 0 bridgehead atoms. The molecule has 7 N–H and O–H groups in total. The van der Waals surface area contributed by atoms with Crippen LogP contribution < -0.4 is 21.1 Å². The third-order valence-electron chi connectivity index (χ3n) is 4.79. The maximum Gasteiger partial charge on any atom is 0.323 e. The second kappa shape index (κ2) is 11.2. The zero-order valence-electron chi connectivity index (χ0n) is 18.8. The SMILES string of the molecule is CC(=O)Nc1cnc(S(=O)(=O)N[C@@H](CNC(=O)CC2CC(c3ccc(C(=N)N)cc3)=NO2)C(=O)O)s1. The first-order valence-corrected chi connectivity index (χ1v) is 12.7. The molecule has 36 heavy (non-hydrogen) atoms. The fourth-order valence-corrected chi connectivity index (χ4v) is 5.37. The number of hydrogen-bond acceptors (Lipinski definition) is 10. The Hall–Kier alpha value is -3.89. The van der Waals surface area contributed by atoms with Gasteiger partial charge in [-0.1, -0.05) is 40.8 Å². The molecular weight excluding hydrogens is 514 g/mol. The molecule has 1 aromatic carbocycles. The summed E-state index contributed by atoms with van der Waals surface area (Å²) in [5, 5.41) is 25.7. The van der Waals surface area contributed by atoms with Crippen molar-refractivity contribution in [1.82, 2.24) is 15.0 Å². The highest BCUT2D eigenvalue weighted by atomic mass is 32.2. The second-order valence-corrected chi connectivity index (χ2v) is 10.6. The molecule has 1 aliphatic rings. The molecule has 2 amide bonds. The van der Waals surface area contributed by atoms with Crippen LogP contribution in [0.25, 0.3) is 0 Å². The largest absolute Gasteiger partial charge is 0.480 e. The summed E-state index contributed by atoms with van der Waals surface area (Å²) in [5.41, 5.74) is 7.33. The van der Waals surface area contributed by atoms with Gasteiger partial charge < -0.3 is 26.3 Å². The predicted molar refractivity (Wildman–Crippen MR) is 129 cm³/mol. The number of nitrogens with two attached hydrogens (primary N) is 1. The third-order valence-corrected chi connectivity index (χ3v) is 7.56. The van der Waals surface area contributed by atoms with Crippen molar-refractivity contribution in [3.63, 3.8) is 0 Å². The number of benzene rings is 1. The number of nitrogens with zero attached hydrogens (tertiary/aromatic N) is 2. The quantitative estimate of drug-likeness (QED) is 0.165. The normalized spacial score (nSPS) is 15.9. The Morgan fingerprint density at radius 1 is 1.31 bits per heavy atom. The predicted octanol–water partition coefficient (Wildman–Crippen LogP) is -0.183. The number of nitrogen functional groups attached to an aromatic ring is 1. The Morgan fingerprint density at radius 2 is 2.00 bits per heavy atom. The Morgan fingerprint density at radius 3 is 2.61 bits per heavy atom. The average Bonchev–Trinajstić information content (AvgIpc) is 3.46. The van der Waals surface area contributed by atoms with Crippen LogP contribution in [0.1, 0.15) is 30.9 Å². The third kappa shape index (κ3) is 7.06. The number of anilines is 1. The van der Waals surface area contributed by atoms with Crippen molar-refractivity contribution in [2.24, 2.45) is 10.9 Å². The van der Waals surface area contributed by atoms with Gasteiger partial charge >= 0.3 is 5.97 Å². The first kappa shape index (κ1) is 26.7. The lowest BCUT2D eigenvalue weighted by Gasteiger charge is -2.15. The van der Waals surface area contributed by atoms with Crippen molar-refractivity contribution >= 4 is 55.7 Å². The van der Waals surface area contributed by atoms with E-state index in [-0.39, 0.29) is 17.3 Å². The van der Waals surface area contributed by atoms with E-state index in [1.54, 1.807) is 24.3 Å². The molecule has 2 aromatic rings. The first-order chi connectivity index (χ1) is 16.9. The van der Waals surface area contributed by atoms with Crippen molar-refractivity contribution in [2.45, 2.75) is 36.3 Å². The molecule has 0 fully saturated rings. The van der Waals surface area contributed by atoms with Crippen LogP contribution in [0.3, 0.4) is 0 Å². The van der Waals surface area contributed by atoms with E-state index in [4.69, 9.17) is 16.0 Å². The smallest absolute Gasteiger partial charge is 0.323 e. The van der Waals surface area contributed by atoms with Gasteiger partial charge in [0.2, 0.25) is 16.2 Å². The standard InChI is InChI=1S/C20H23N7O7S2/c1-10(28)25-17-9-24-20(35-17)36(32,33)27-15(19(30)31)8-23-16(29)7-13-6-14(26-34-13)11-2-4-12(5-3-11)18(21)22/h2-5,9,13,15,27H,6-8H2,1H3,(H3,21,22)(H,23,29)(H,25,28)(H,30,31)/t13?,15-/m0/s1. The van der Waals surface area contributed by atoms with E-state index < -0.39 is 50.8 Å². The van der Waals surface area contributed by atoms with Gasteiger partial charge in [-0.15, -0.1) is 0 Å². The van der Waals surface area contributed by atoms with E-state index in [0.717, 1.165) is 11.8 Å². The molecule has 1 aliphatic heterocycles. The van der Waals surface area contributed by atoms with E-state index in [1.807, 2.05) is 4.72 Å². The monoisotopic (exact) mass is 537 g/mol. The number of aromatic nitrogens is 1. The fourth-order valence-electron chi connectivity index (χ4n) is 3.08. The number of carboxylic acids is 1. The highest BCUT2D eigenvalue weighted by Crippen LogP contribution is 2.23. The molecule has 0 radical (unpaired) electrons. The van der Waals surface area contributed by atoms with Crippen molar-refractivity contribution in [2.75, 3.05) is 11.9 Å². The molecule has 0 spiro atoms. The van der Waals surface area contributed by atoms with Gasteiger partial charge in [-0.2, -0.15) is 4.72 Å². The van der Waals surface area contributed by atoms with E-state index in [0.29, 0.717) is 29.0 Å². The second-order valence-electron chi connectivity index (χ2n) is 7.65. The number of sulfonamides is 1. The van der Waals surface area contributed by atoms with E-state index in [2.05, 4.69) is 20.8 Å². The minimum absolute atomic E-state index is 0.0657. The van der Waals surface area contributed by atoms with Crippen LogP contribution in [0.4, 0.5) is 5.00 Å².